The zero-order valence-corrected chi connectivity index (χ0v) is 12.9. The third-order valence-corrected chi connectivity index (χ3v) is 4.74. The first-order valence-corrected chi connectivity index (χ1v) is 8.08. The van der Waals surface area contributed by atoms with Crippen molar-refractivity contribution >= 4 is 22.4 Å². The van der Waals surface area contributed by atoms with Gasteiger partial charge < -0.3 is 10.6 Å². The fraction of sp³-hybridized carbons (Fsp3) is 0.375. The molecule has 1 saturated heterocycles. The molecule has 110 valence electrons. The number of hydrogen-bond donors (Lipinski definition) is 2. The van der Waals surface area contributed by atoms with Gasteiger partial charge in [-0.3, -0.25) is 4.79 Å². The second-order valence-corrected chi connectivity index (χ2v) is 6.44. The highest BCUT2D eigenvalue weighted by Gasteiger charge is 2.21. The van der Waals surface area contributed by atoms with E-state index in [-0.39, 0.29) is 11.8 Å². The van der Waals surface area contributed by atoms with Crippen LogP contribution in [0.15, 0.2) is 30.5 Å². The maximum atomic E-state index is 12.2. The normalized spacial score (nSPS) is 15.9. The summed E-state index contributed by atoms with van der Waals surface area (Å²) in [5.41, 5.74) is 2.38. The smallest absolute Gasteiger partial charge is 0.229 e. The molecule has 4 nitrogen and oxygen atoms in total. The third kappa shape index (κ3) is 3.49. The number of hydrogen-bond acceptors (Lipinski definition) is 4. The highest BCUT2D eigenvalue weighted by atomic mass is 32.1. The molecule has 1 fully saturated rings. The number of benzene rings is 1. The number of aryl methyl sites for hydroxylation is 1. The van der Waals surface area contributed by atoms with E-state index in [2.05, 4.69) is 46.8 Å². The van der Waals surface area contributed by atoms with Crippen LogP contribution in [0.5, 0.6) is 0 Å². The van der Waals surface area contributed by atoms with Crippen molar-refractivity contribution in [3.63, 3.8) is 0 Å². The van der Waals surface area contributed by atoms with Crippen molar-refractivity contribution in [2.75, 3.05) is 18.4 Å². The molecule has 5 heteroatoms. The van der Waals surface area contributed by atoms with Gasteiger partial charge in [-0.2, -0.15) is 0 Å². The molecule has 1 aliphatic heterocycles. The summed E-state index contributed by atoms with van der Waals surface area (Å²) in [5, 5.41) is 6.91. The summed E-state index contributed by atoms with van der Waals surface area (Å²) in [6.45, 7) is 3.91. The molecule has 0 aliphatic carbocycles. The second kappa shape index (κ2) is 6.37. The van der Waals surface area contributed by atoms with Crippen molar-refractivity contribution in [2.24, 2.45) is 5.92 Å². The van der Waals surface area contributed by atoms with Crippen LogP contribution in [-0.2, 0) is 4.79 Å². The van der Waals surface area contributed by atoms with Crippen LogP contribution in [0.2, 0.25) is 0 Å². The van der Waals surface area contributed by atoms with E-state index >= 15 is 0 Å². The predicted octanol–water partition coefficient (Wildman–Crippen LogP) is 3.06. The summed E-state index contributed by atoms with van der Waals surface area (Å²) in [5.74, 6) is 0.208. The Bertz CT molecular complexity index is 615. The van der Waals surface area contributed by atoms with Crippen LogP contribution in [0, 0.1) is 12.8 Å². The Morgan fingerprint density at radius 1 is 1.29 bits per heavy atom. The highest BCUT2D eigenvalue weighted by molar-refractivity contribution is 7.19. The molecule has 0 saturated carbocycles. The summed E-state index contributed by atoms with van der Waals surface area (Å²) < 4.78 is 0. The summed E-state index contributed by atoms with van der Waals surface area (Å²) in [6, 6.07) is 8.34. The fourth-order valence-electron chi connectivity index (χ4n) is 2.47. The average molecular weight is 301 g/mol. The number of anilines is 1. The van der Waals surface area contributed by atoms with Crippen molar-refractivity contribution < 1.29 is 4.79 Å². The van der Waals surface area contributed by atoms with Crippen LogP contribution >= 0.6 is 11.3 Å². The van der Waals surface area contributed by atoms with E-state index in [1.165, 1.54) is 16.9 Å². The van der Waals surface area contributed by atoms with Gasteiger partial charge in [-0.25, -0.2) is 4.98 Å². The first-order valence-electron chi connectivity index (χ1n) is 7.27. The molecule has 0 radical (unpaired) electrons. The molecule has 0 unspecified atom stereocenters. The van der Waals surface area contributed by atoms with Gasteiger partial charge >= 0.3 is 0 Å². The Balaban J connectivity index is 1.67. The number of carbonyl (C=O) groups is 1. The molecule has 1 aromatic heterocycles. The monoisotopic (exact) mass is 301 g/mol. The van der Waals surface area contributed by atoms with Crippen LogP contribution in [0.4, 0.5) is 5.13 Å². The van der Waals surface area contributed by atoms with Gasteiger partial charge in [-0.05, 0) is 38.4 Å². The van der Waals surface area contributed by atoms with Crippen LogP contribution in [0.3, 0.4) is 0 Å². The van der Waals surface area contributed by atoms with Crippen LogP contribution in [0.1, 0.15) is 18.4 Å². The van der Waals surface area contributed by atoms with E-state index in [1.54, 1.807) is 0 Å². The predicted molar refractivity (Wildman–Crippen MR) is 86.5 cm³/mol. The number of piperidine rings is 1. The molecule has 0 bridgehead atoms. The van der Waals surface area contributed by atoms with Crippen LogP contribution in [0.25, 0.3) is 10.4 Å². The van der Waals surface area contributed by atoms with Crippen molar-refractivity contribution in [3.05, 3.63) is 36.0 Å². The Kier molecular flexibility index (Phi) is 4.31. The van der Waals surface area contributed by atoms with E-state index in [4.69, 9.17) is 0 Å². The van der Waals surface area contributed by atoms with Gasteiger partial charge in [0, 0.05) is 12.1 Å². The zero-order valence-electron chi connectivity index (χ0n) is 12.1. The lowest BCUT2D eigenvalue weighted by atomic mass is 9.97. The van der Waals surface area contributed by atoms with E-state index < -0.39 is 0 Å². The minimum absolute atomic E-state index is 0.0984. The molecule has 2 aromatic rings. The van der Waals surface area contributed by atoms with Crippen LogP contribution in [-0.4, -0.2) is 24.0 Å². The highest BCUT2D eigenvalue weighted by Crippen LogP contribution is 2.29. The van der Waals surface area contributed by atoms with Gasteiger partial charge in [0.05, 0.1) is 4.88 Å². The Labute approximate surface area is 128 Å². The van der Waals surface area contributed by atoms with Crippen LogP contribution < -0.4 is 10.6 Å². The average Bonchev–Trinajstić information content (AvgIpc) is 2.97. The molecule has 0 spiro atoms. The number of nitrogens with one attached hydrogen (secondary N) is 2. The maximum Gasteiger partial charge on any atom is 0.229 e. The van der Waals surface area contributed by atoms with Gasteiger partial charge in [0.15, 0.2) is 5.13 Å². The summed E-state index contributed by atoms with van der Waals surface area (Å²) in [7, 11) is 0. The first-order chi connectivity index (χ1) is 10.2. The minimum Gasteiger partial charge on any atom is -0.317 e. The van der Waals surface area contributed by atoms with Gasteiger partial charge in [-0.15, -0.1) is 0 Å². The zero-order chi connectivity index (χ0) is 14.7. The Hall–Kier alpha value is -1.72. The fourth-order valence-corrected chi connectivity index (χ4v) is 3.30. The van der Waals surface area contributed by atoms with Gasteiger partial charge in [0.1, 0.15) is 0 Å². The molecule has 1 aromatic carbocycles. The molecule has 1 amide bonds. The maximum absolute atomic E-state index is 12.2. The minimum atomic E-state index is 0.0984. The number of amides is 1. The lowest BCUT2D eigenvalue weighted by molar-refractivity contribution is -0.120. The Morgan fingerprint density at radius 3 is 2.71 bits per heavy atom. The second-order valence-electron chi connectivity index (χ2n) is 5.41. The van der Waals surface area contributed by atoms with Gasteiger partial charge in [0.25, 0.3) is 0 Å². The molecule has 2 N–H and O–H groups in total. The topological polar surface area (TPSA) is 54.0 Å². The molecular weight excluding hydrogens is 282 g/mol. The van der Waals surface area contributed by atoms with Crippen molar-refractivity contribution in [2.45, 2.75) is 19.8 Å². The summed E-state index contributed by atoms with van der Waals surface area (Å²) in [4.78, 5) is 17.6. The first kappa shape index (κ1) is 14.2. The number of thiazole rings is 1. The molecule has 0 atom stereocenters. The van der Waals surface area contributed by atoms with Gasteiger partial charge in [-0.1, -0.05) is 41.2 Å². The SMILES string of the molecule is Cc1ccc(-c2cnc(NC(=O)C3CCNCC3)s2)cc1. The van der Waals surface area contributed by atoms with Gasteiger partial charge in [0.2, 0.25) is 5.91 Å². The largest absolute Gasteiger partial charge is 0.317 e. The standard InChI is InChI=1S/C16H19N3OS/c1-11-2-4-12(5-3-11)14-10-18-16(21-14)19-15(20)13-6-8-17-9-7-13/h2-5,10,13,17H,6-9H2,1H3,(H,18,19,20). The number of carbonyl (C=O) groups excluding carboxylic acids is 1. The van der Waals surface area contributed by atoms with E-state index in [0.717, 1.165) is 36.4 Å². The number of rotatable bonds is 3. The summed E-state index contributed by atoms with van der Waals surface area (Å²) >= 11 is 1.53. The molecule has 1 aliphatic rings. The quantitative estimate of drug-likeness (QED) is 0.916. The van der Waals surface area contributed by atoms with E-state index in [0.29, 0.717) is 5.13 Å². The van der Waals surface area contributed by atoms with Crippen molar-refractivity contribution in [1.82, 2.24) is 10.3 Å². The number of nitrogens with zero attached hydrogens (tertiary/aromatic N) is 1. The molecule has 21 heavy (non-hydrogen) atoms. The van der Waals surface area contributed by atoms with Crippen molar-refractivity contribution in [3.8, 4) is 10.4 Å². The third-order valence-electron chi connectivity index (χ3n) is 3.78. The lowest BCUT2D eigenvalue weighted by Gasteiger charge is -2.20. The summed E-state index contributed by atoms with van der Waals surface area (Å²) in [6.07, 6.45) is 3.64. The van der Waals surface area contributed by atoms with E-state index in [9.17, 15) is 4.79 Å². The molecule has 2 heterocycles. The van der Waals surface area contributed by atoms with Crippen molar-refractivity contribution in [1.29, 1.82) is 0 Å². The molecular formula is C16H19N3OS. The Morgan fingerprint density at radius 2 is 2.00 bits per heavy atom. The lowest BCUT2D eigenvalue weighted by Crippen LogP contribution is -2.34. The molecule has 3 rings (SSSR count). The van der Waals surface area contributed by atoms with E-state index in [1.807, 2.05) is 6.20 Å². The number of aromatic nitrogens is 1.